The Kier molecular flexibility index (Phi) is 3.96. The fraction of sp³-hybridized carbons (Fsp3) is 0.417. The lowest BCUT2D eigenvalue weighted by atomic mass is 10.1. The maximum absolute atomic E-state index is 11.9. The smallest absolute Gasteiger partial charge is 0.252 e. The van der Waals surface area contributed by atoms with Crippen molar-refractivity contribution in [3.63, 3.8) is 0 Å². The second kappa shape index (κ2) is 5.46. The molecule has 0 aliphatic carbocycles. The number of benzene rings is 1. The maximum Gasteiger partial charge on any atom is 0.252 e. The molecule has 1 aromatic carbocycles. The first-order chi connectivity index (χ1) is 7.77. The van der Waals surface area contributed by atoms with Crippen molar-refractivity contribution in [2.45, 2.75) is 6.42 Å². The summed E-state index contributed by atoms with van der Waals surface area (Å²) in [7, 11) is 0. The summed E-state index contributed by atoms with van der Waals surface area (Å²) in [5, 5.41) is 6.26. The van der Waals surface area contributed by atoms with E-state index >= 15 is 0 Å². The van der Waals surface area contributed by atoms with Crippen LogP contribution in [0.15, 0.2) is 28.7 Å². The standard InChI is InChI=1S/C12H15BrN2O/c13-11-4-2-1-3-10(11)12(16)15-8-9-5-6-14-7-9/h1-4,9,14H,5-8H2,(H,15,16). The van der Waals surface area contributed by atoms with Gasteiger partial charge in [0, 0.05) is 11.0 Å². The first kappa shape index (κ1) is 11.6. The average Bonchev–Trinajstić information content (AvgIpc) is 2.79. The SMILES string of the molecule is O=C(NCC1CCNC1)c1ccccc1Br. The van der Waals surface area contributed by atoms with Crippen molar-refractivity contribution >= 4 is 21.8 Å². The number of amides is 1. The monoisotopic (exact) mass is 282 g/mol. The topological polar surface area (TPSA) is 41.1 Å². The van der Waals surface area contributed by atoms with Gasteiger partial charge in [-0.15, -0.1) is 0 Å². The largest absolute Gasteiger partial charge is 0.352 e. The molecule has 1 atom stereocenters. The Labute approximate surface area is 104 Å². The number of carbonyl (C=O) groups excluding carboxylic acids is 1. The third kappa shape index (κ3) is 2.83. The predicted molar refractivity (Wildman–Crippen MR) is 67.5 cm³/mol. The van der Waals surface area contributed by atoms with Gasteiger partial charge in [-0.25, -0.2) is 0 Å². The van der Waals surface area contributed by atoms with Gasteiger partial charge in [-0.3, -0.25) is 4.79 Å². The molecule has 1 heterocycles. The van der Waals surface area contributed by atoms with Crippen LogP contribution in [-0.2, 0) is 0 Å². The van der Waals surface area contributed by atoms with E-state index in [1.807, 2.05) is 24.3 Å². The summed E-state index contributed by atoms with van der Waals surface area (Å²) in [6.07, 6.45) is 1.15. The summed E-state index contributed by atoms with van der Waals surface area (Å²) in [5.74, 6) is 0.575. The molecule has 1 saturated heterocycles. The van der Waals surface area contributed by atoms with E-state index in [9.17, 15) is 4.79 Å². The Hall–Kier alpha value is -0.870. The molecular formula is C12H15BrN2O. The van der Waals surface area contributed by atoms with Crippen LogP contribution < -0.4 is 10.6 Å². The molecule has 1 aliphatic heterocycles. The number of carbonyl (C=O) groups is 1. The summed E-state index contributed by atoms with van der Waals surface area (Å²) in [6.45, 7) is 2.83. The van der Waals surface area contributed by atoms with Gasteiger partial charge in [-0.2, -0.15) is 0 Å². The first-order valence-corrected chi connectivity index (χ1v) is 6.30. The molecule has 1 aliphatic rings. The van der Waals surface area contributed by atoms with Crippen molar-refractivity contribution in [2.75, 3.05) is 19.6 Å². The van der Waals surface area contributed by atoms with Gasteiger partial charge in [0.25, 0.3) is 5.91 Å². The highest BCUT2D eigenvalue weighted by Crippen LogP contribution is 2.15. The van der Waals surface area contributed by atoms with Gasteiger partial charge in [0.15, 0.2) is 0 Å². The Morgan fingerprint density at radius 3 is 3.00 bits per heavy atom. The van der Waals surface area contributed by atoms with Crippen molar-refractivity contribution in [2.24, 2.45) is 5.92 Å². The molecule has 1 fully saturated rings. The van der Waals surface area contributed by atoms with Crippen LogP contribution in [-0.4, -0.2) is 25.5 Å². The lowest BCUT2D eigenvalue weighted by molar-refractivity contribution is 0.0947. The molecule has 86 valence electrons. The fourth-order valence-electron chi connectivity index (χ4n) is 1.87. The van der Waals surface area contributed by atoms with Crippen molar-refractivity contribution in [1.29, 1.82) is 0 Å². The van der Waals surface area contributed by atoms with Crippen LogP contribution in [0.2, 0.25) is 0 Å². The highest BCUT2D eigenvalue weighted by molar-refractivity contribution is 9.10. The quantitative estimate of drug-likeness (QED) is 0.888. The Morgan fingerprint density at radius 1 is 1.50 bits per heavy atom. The molecule has 2 N–H and O–H groups in total. The first-order valence-electron chi connectivity index (χ1n) is 5.51. The minimum atomic E-state index is -0.000579. The molecule has 16 heavy (non-hydrogen) atoms. The van der Waals surface area contributed by atoms with Gasteiger partial charge < -0.3 is 10.6 Å². The van der Waals surface area contributed by atoms with E-state index in [-0.39, 0.29) is 5.91 Å². The minimum Gasteiger partial charge on any atom is -0.352 e. The molecule has 4 heteroatoms. The van der Waals surface area contributed by atoms with Gasteiger partial charge in [0.2, 0.25) is 0 Å². The molecule has 1 aromatic rings. The van der Waals surface area contributed by atoms with Crippen LogP contribution in [0.3, 0.4) is 0 Å². The van der Waals surface area contributed by atoms with E-state index in [0.717, 1.165) is 30.5 Å². The van der Waals surface area contributed by atoms with Crippen LogP contribution >= 0.6 is 15.9 Å². The lowest BCUT2D eigenvalue weighted by Crippen LogP contribution is -2.30. The van der Waals surface area contributed by atoms with Gasteiger partial charge >= 0.3 is 0 Å². The summed E-state index contributed by atoms with van der Waals surface area (Å²) >= 11 is 3.38. The normalized spacial score (nSPS) is 19.7. The van der Waals surface area contributed by atoms with Crippen molar-refractivity contribution in [3.8, 4) is 0 Å². The molecule has 0 spiro atoms. The number of hydrogen-bond donors (Lipinski definition) is 2. The fourth-order valence-corrected chi connectivity index (χ4v) is 2.33. The Morgan fingerprint density at radius 2 is 2.31 bits per heavy atom. The van der Waals surface area contributed by atoms with Crippen LogP contribution in [0.4, 0.5) is 0 Å². The zero-order valence-corrected chi connectivity index (χ0v) is 10.6. The van der Waals surface area contributed by atoms with Gasteiger partial charge in [-0.1, -0.05) is 12.1 Å². The van der Waals surface area contributed by atoms with E-state index < -0.39 is 0 Å². The number of hydrogen-bond acceptors (Lipinski definition) is 2. The molecule has 0 bridgehead atoms. The molecule has 0 aromatic heterocycles. The molecule has 3 nitrogen and oxygen atoms in total. The molecule has 0 radical (unpaired) electrons. The van der Waals surface area contributed by atoms with Crippen molar-refractivity contribution in [3.05, 3.63) is 34.3 Å². The molecule has 1 unspecified atom stereocenters. The van der Waals surface area contributed by atoms with E-state index in [2.05, 4.69) is 26.6 Å². The third-order valence-electron chi connectivity index (χ3n) is 2.83. The second-order valence-corrected chi connectivity index (χ2v) is 4.90. The van der Waals surface area contributed by atoms with Crippen molar-refractivity contribution in [1.82, 2.24) is 10.6 Å². The Bertz CT molecular complexity index is 375. The number of rotatable bonds is 3. The van der Waals surface area contributed by atoms with Crippen LogP contribution in [0.5, 0.6) is 0 Å². The number of halogens is 1. The van der Waals surface area contributed by atoms with Crippen LogP contribution in [0, 0.1) is 5.92 Å². The molecule has 2 rings (SSSR count). The lowest BCUT2D eigenvalue weighted by Gasteiger charge is -2.10. The summed E-state index contributed by atoms with van der Waals surface area (Å²) < 4.78 is 0.844. The molecule has 0 saturated carbocycles. The highest BCUT2D eigenvalue weighted by atomic mass is 79.9. The van der Waals surface area contributed by atoms with E-state index in [0.29, 0.717) is 11.5 Å². The summed E-state index contributed by atoms with van der Waals surface area (Å²) in [4.78, 5) is 11.9. The van der Waals surface area contributed by atoms with Gasteiger partial charge in [-0.05, 0) is 53.5 Å². The summed E-state index contributed by atoms with van der Waals surface area (Å²) in [6, 6.07) is 7.48. The minimum absolute atomic E-state index is 0.000579. The maximum atomic E-state index is 11.9. The van der Waals surface area contributed by atoms with Crippen LogP contribution in [0.25, 0.3) is 0 Å². The zero-order chi connectivity index (χ0) is 11.4. The number of nitrogens with one attached hydrogen (secondary N) is 2. The van der Waals surface area contributed by atoms with E-state index in [4.69, 9.17) is 0 Å². The van der Waals surface area contributed by atoms with E-state index in [1.165, 1.54) is 0 Å². The zero-order valence-electron chi connectivity index (χ0n) is 9.00. The molecule has 1 amide bonds. The summed E-state index contributed by atoms with van der Waals surface area (Å²) in [5.41, 5.74) is 0.702. The van der Waals surface area contributed by atoms with Gasteiger partial charge in [0.05, 0.1) is 5.56 Å². The van der Waals surface area contributed by atoms with Crippen molar-refractivity contribution < 1.29 is 4.79 Å². The van der Waals surface area contributed by atoms with Crippen LogP contribution in [0.1, 0.15) is 16.8 Å². The second-order valence-electron chi connectivity index (χ2n) is 4.05. The van der Waals surface area contributed by atoms with Gasteiger partial charge in [0.1, 0.15) is 0 Å². The third-order valence-corrected chi connectivity index (χ3v) is 3.52. The predicted octanol–water partition coefficient (Wildman–Crippen LogP) is 1.79. The average molecular weight is 283 g/mol. The molecular weight excluding hydrogens is 268 g/mol. The highest BCUT2D eigenvalue weighted by Gasteiger charge is 2.16. The van der Waals surface area contributed by atoms with E-state index in [1.54, 1.807) is 0 Å². The Balaban J connectivity index is 1.90.